The highest BCUT2D eigenvalue weighted by Gasteiger charge is 2.31. The first kappa shape index (κ1) is 36.1. The molecule has 0 spiro atoms. The standard InChI is InChI=1S/C37H43Cl2N5O5/c1-43(27-12-6-3-7-13-27)35(46)28-14-8-9-15-32(28)44(23-25-10-4-2-5-11-25)37(49)42-31(36(47)48)20-24-16-18-26(19-17-24)41-34(45)33-29(38)21-40-22-30(33)39/h8-9,14-19,21-22,25,27,31H,2-7,10-13,20,23H2,1H3,(H,41,45)(H,42,49)(H,47,48)/t31-/m0/s1. The molecule has 3 N–H and O–H groups in total. The smallest absolute Gasteiger partial charge is 0.326 e. The van der Waals surface area contributed by atoms with Gasteiger partial charge in [-0.25, -0.2) is 9.59 Å². The molecule has 0 bridgehead atoms. The van der Waals surface area contributed by atoms with E-state index in [0.29, 0.717) is 29.0 Å². The maximum absolute atomic E-state index is 14.1. The van der Waals surface area contributed by atoms with Gasteiger partial charge in [0.05, 0.1) is 26.9 Å². The lowest BCUT2D eigenvalue weighted by atomic mass is 9.88. The number of carboxylic acids is 1. The van der Waals surface area contributed by atoms with Crippen molar-refractivity contribution in [2.45, 2.75) is 82.7 Å². The number of halogens is 2. The van der Waals surface area contributed by atoms with Gasteiger partial charge in [0.15, 0.2) is 0 Å². The van der Waals surface area contributed by atoms with Crippen LogP contribution in [0.5, 0.6) is 0 Å². The van der Waals surface area contributed by atoms with Gasteiger partial charge in [0.25, 0.3) is 11.8 Å². The SMILES string of the molecule is CN(C(=O)c1ccccc1N(CC1CCCCC1)C(=O)N[C@@H](Cc1ccc(NC(=O)c2c(Cl)cncc2Cl)cc1)C(=O)O)C1CCCCC1. The average Bonchev–Trinajstić information content (AvgIpc) is 3.11. The summed E-state index contributed by atoms with van der Waals surface area (Å²) in [5.74, 6) is -1.60. The first-order valence-electron chi connectivity index (χ1n) is 17.0. The lowest BCUT2D eigenvalue weighted by Crippen LogP contribution is -2.51. The molecule has 1 atom stereocenters. The van der Waals surface area contributed by atoms with Gasteiger partial charge in [-0.1, -0.05) is 86.0 Å². The minimum absolute atomic E-state index is 0.000422. The molecule has 5 rings (SSSR count). The number of urea groups is 1. The van der Waals surface area contributed by atoms with Crippen LogP contribution in [0.25, 0.3) is 0 Å². The molecule has 2 fully saturated rings. The molecular formula is C37H43Cl2N5O5. The minimum Gasteiger partial charge on any atom is -0.480 e. The molecular weight excluding hydrogens is 665 g/mol. The van der Waals surface area contributed by atoms with Crippen molar-refractivity contribution in [2.24, 2.45) is 5.92 Å². The summed E-state index contributed by atoms with van der Waals surface area (Å²) in [5, 5.41) is 15.9. The Balaban J connectivity index is 1.33. The molecule has 2 saturated carbocycles. The third kappa shape index (κ3) is 9.30. The van der Waals surface area contributed by atoms with Crippen molar-refractivity contribution in [3.05, 3.63) is 87.7 Å². The second-order valence-electron chi connectivity index (χ2n) is 13.0. The average molecular weight is 709 g/mol. The monoisotopic (exact) mass is 707 g/mol. The fourth-order valence-electron chi connectivity index (χ4n) is 6.84. The Morgan fingerprint density at radius 2 is 1.49 bits per heavy atom. The van der Waals surface area contributed by atoms with E-state index in [4.69, 9.17) is 23.2 Å². The summed E-state index contributed by atoms with van der Waals surface area (Å²) in [6.07, 6.45) is 13.1. The summed E-state index contributed by atoms with van der Waals surface area (Å²) < 4.78 is 0. The third-order valence-electron chi connectivity index (χ3n) is 9.61. The van der Waals surface area contributed by atoms with Crippen molar-refractivity contribution in [3.63, 3.8) is 0 Å². The van der Waals surface area contributed by atoms with Crippen molar-refractivity contribution < 1.29 is 24.3 Å². The summed E-state index contributed by atoms with van der Waals surface area (Å²) in [7, 11) is 1.83. The van der Waals surface area contributed by atoms with Gasteiger partial charge in [0, 0.05) is 44.1 Å². The Morgan fingerprint density at radius 3 is 2.12 bits per heavy atom. The van der Waals surface area contributed by atoms with Crippen molar-refractivity contribution in [3.8, 4) is 0 Å². The lowest BCUT2D eigenvalue weighted by Gasteiger charge is -2.34. The molecule has 0 unspecified atom stereocenters. The van der Waals surface area contributed by atoms with E-state index < -0.39 is 23.9 Å². The Hall–Kier alpha value is -4.15. The van der Waals surface area contributed by atoms with Crippen molar-refractivity contribution in [1.82, 2.24) is 15.2 Å². The number of carbonyl (C=O) groups is 4. The van der Waals surface area contributed by atoms with E-state index in [2.05, 4.69) is 15.6 Å². The highest BCUT2D eigenvalue weighted by molar-refractivity contribution is 6.40. The molecule has 4 amide bonds. The predicted molar refractivity (Wildman–Crippen MR) is 192 cm³/mol. The molecule has 0 radical (unpaired) electrons. The summed E-state index contributed by atoms with van der Waals surface area (Å²) >= 11 is 12.2. The van der Waals surface area contributed by atoms with Gasteiger partial charge in [-0.05, 0) is 61.4 Å². The molecule has 3 aromatic rings. The Bertz CT molecular complexity index is 1620. The maximum Gasteiger partial charge on any atom is 0.326 e. The Kier molecular flexibility index (Phi) is 12.5. The molecule has 1 aromatic heterocycles. The molecule has 12 heteroatoms. The van der Waals surface area contributed by atoms with Crippen molar-refractivity contribution in [1.29, 1.82) is 0 Å². The molecule has 260 valence electrons. The number of para-hydroxylation sites is 1. The van der Waals surface area contributed by atoms with E-state index >= 15 is 0 Å². The zero-order valence-electron chi connectivity index (χ0n) is 27.7. The van der Waals surface area contributed by atoms with Gasteiger partial charge in [-0.3, -0.25) is 19.5 Å². The highest BCUT2D eigenvalue weighted by Crippen LogP contribution is 2.31. The largest absolute Gasteiger partial charge is 0.480 e. The van der Waals surface area contributed by atoms with Crippen LogP contribution in [0.4, 0.5) is 16.2 Å². The molecule has 0 saturated heterocycles. The van der Waals surface area contributed by atoms with Crippen LogP contribution in [-0.4, -0.2) is 64.5 Å². The number of pyridine rings is 1. The van der Waals surface area contributed by atoms with Crippen LogP contribution in [0.1, 0.15) is 90.5 Å². The van der Waals surface area contributed by atoms with Gasteiger partial charge in [0.1, 0.15) is 6.04 Å². The zero-order valence-corrected chi connectivity index (χ0v) is 29.2. The summed E-state index contributed by atoms with van der Waals surface area (Å²) in [6, 6.07) is 12.1. The van der Waals surface area contributed by atoms with Gasteiger partial charge < -0.3 is 20.6 Å². The van der Waals surface area contributed by atoms with Gasteiger partial charge in [-0.15, -0.1) is 0 Å². The predicted octanol–water partition coefficient (Wildman–Crippen LogP) is 7.84. The zero-order chi connectivity index (χ0) is 34.9. The lowest BCUT2D eigenvalue weighted by molar-refractivity contribution is -0.139. The van der Waals surface area contributed by atoms with E-state index in [9.17, 15) is 24.3 Å². The van der Waals surface area contributed by atoms with Crippen LogP contribution in [0.3, 0.4) is 0 Å². The number of carbonyl (C=O) groups excluding carboxylic acids is 3. The van der Waals surface area contributed by atoms with Crippen molar-refractivity contribution in [2.75, 3.05) is 23.8 Å². The Labute approximate surface area is 297 Å². The van der Waals surface area contributed by atoms with E-state index in [-0.39, 0.29) is 39.9 Å². The van der Waals surface area contributed by atoms with Gasteiger partial charge in [-0.2, -0.15) is 0 Å². The number of nitrogens with zero attached hydrogens (tertiary/aromatic N) is 3. The number of rotatable bonds is 11. The second-order valence-corrected chi connectivity index (χ2v) is 13.8. The molecule has 1 heterocycles. The fraction of sp³-hybridized carbons (Fsp3) is 0.432. The number of benzene rings is 2. The van der Waals surface area contributed by atoms with E-state index in [0.717, 1.165) is 57.8 Å². The first-order valence-corrected chi connectivity index (χ1v) is 17.7. The normalized spacial score (nSPS) is 16.0. The molecule has 10 nitrogen and oxygen atoms in total. The van der Waals surface area contributed by atoms with Crippen LogP contribution in [-0.2, 0) is 11.2 Å². The number of aromatic nitrogens is 1. The highest BCUT2D eigenvalue weighted by atomic mass is 35.5. The third-order valence-corrected chi connectivity index (χ3v) is 10.2. The number of nitrogens with one attached hydrogen (secondary N) is 2. The van der Waals surface area contributed by atoms with Crippen LogP contribution >= 0.6 is 23.2 Å². The van der Waals surface area contributed by atoms with Crippen molar-refractivity contribution >= 4 is 58.4 Å². The van der Waals surface area contributed by atoms with Gasteiger partial charge >= 0.3 is 12.0 Å². The number of carboxylic acid groups (broad SMARTS) is 1. The van der Waals surface area contributed by atoms with Crippen LogP contribution in [0.15, 0.2) is 60.9 Å². The number of hydrogen-bond acceptors (Lipinski definition) is 5. The second kappa shape index (κ2) is 17.0. The number of anilines is 2. The first-order chi connectivity index (χ1) is 23.6. The van der Waals surface area contributed by atoms with E-state index in [1.165, 1.54) is 18.8 Å². The van der Waals surface area contributed by atoms with E-state index in [1.54, 1.807) is 58.3 Å². The quantitative estimate of drug-likeness (QED) is 0.186. The van der Waals surface area contributed by atoms with E-state index in [1.807, 2.05) is 7.05 Å². The topological polar surface area (TPSA) is 132 Å². The fourth-order valence-corrected chi connectivity index (χ4v) is 7.38. The van der Waals surface area contributed by atoms with Crippen LogP contribution in [0, 0.1) is 5.92 Å². The molecule has 0 aliphatic heterocycles. The molecule has 2 aliphatic carbocycles. The number of aliphatic carboxylic acids is 1. The number of amides is 4. The molecule has 2 aromatic carbocycles. The minimum atomic E-state index is -1.25. The Morgan fingerprint density at radius 1 is 0.878 bits per heavy atom. The number of hydrogen-bond donors (Lipinski definition) is 3. The molecule has 2 aliphatic rings. The summed E-state index contributed by atoms with van der Waals surface area (Å²) in [4.78, 5) is 60.5. The van der Waals surface area contributed by atoms with Crippen LogP contribution < -0.4 is 15.5 Å². The summed E-state index contributed by atoms with van der Waals surface area (Å²) in [6.45, 7) is 0.384. The van der Waals surface area contributed by atoms with Crippen LogP contribution in [0.2, 0.25) is 10.0 Å². The maximum atomic E-state index is 14.1. The molecule has 49 heavy (non-hydrogen) atoms. The van der Waals surface area contributed by atoms with Gasteiger partial charge in [0.2, 0.25) is 0 Å². The summed E-state index contributed by atoms with van der Waals surface area (Å²) in [5.41, 5.74) is 2.09.